The van der Waals surface area contributed by atoms with E-state index in [1.54, 1.807) is 25.1 Å². The van der Waals surface area contributed by atoms with Crippen molar-refractivity contribution in [2.75, 3.05) is 0 Å². The Balaban J connectivity index is 2.48. The monoisotopic (exact) mass is 290 g/mol. The molecule has 1 heterocycles. The molecule has 0 radical (unpaired) electrons. The predicted molar refractivity (Wildman–Crippen MR) is 78.4 cm³/mol. The van der Waals surface area contributed by atoms with Crippen molar-refractivity contribution < 1.29 is 9.66 Å². The molecule has 0 aliphatic heterocycles. The molecule has 0 spiro atoms. The number of rotatable bonds is 5. The van der Waals surface area contributed by atoms with Crippen molar-refractivity contribution >= 4 is 5.69 Å². The second-order valence-electron chi connectivity index (χ2n) is 4.99. The minimum absolute atomic E-state index is 0.0508. The highest BCUT2D eigenvalue weighted by atomic mass is 16.6. The number of hydrogen-bond acceptors (Lipinski definition) is 5. The van der Waals surface area contributed by atoms with Gasteiger partial charge in [0.25, 0.3) is 5.88 Å². The lowest BCUT2D eigenvalue weighted by Crippen LogP contribution is -2.06. The fraction of sp³-hybridized carbons (Fsp3) is 0.357. The van der Waals surface area contributed by atoms with Crippen LogP contribution in [0.15, 0.2) is 24.3 Å². The molecule has 2 rings (SSSR count). The van der Waals surface area contributed by atoms with Crippen LogP contribution < -0.4 is 10.5 Å². The molecule has 0 amide bonds. The first-order valence-electron chi connectivity index (χ1n) is 6.64. The second kappa shape index (κ2) is 5.92. The summed E-state index contributed by atoms with van der Waals surface area (Å²) in [5, 5.41) is 15.4. The molecule has 0 aliphatic carbocycles. The summed E-state index contributed by atoms with van der Waals surface area (Å²) in [5.41, 5.74) is 6.71. The van der Waals surface area contributed by atoms with Gasteiger partial charge in [-0.05, 0) is 38.5 Å². The van der Waals surface area contributed by atoms with Crippen molar-refractivity contribution in [2.45, 2.75) is 33.4 Å². The molecule has 2 aromatic rings. The van der Waals surface area contributed by atoms with Crippen molar-refractivity contribution in [3.05, 3.63) is 45.6 Å². The topological polar surface area (TPSA) is 96.2 Å². The van der Waals surface area contributed by atoms with Crippen molar-refractivity contribution in [1.29, 1.82) is 0 Å². The molecule has 0 unspecified atom stereocenters. The van der Waals surface area contributed by atoms with E-state index < -0.39 is 4.92 Å². The van der Waals surface area contributed by atoms with E-state index in [1.807, 2.05) is 19.9 Å². The van der Waals surface area contributed by atoms with E-state index in [-0.39, 0.29) is 17.6 Å². The van der Waals surface area contributed by atoms with Crippen LogP contribution in [0.25, 0.3) is 0 Å². The van der Waals surface area contributed by atoms with Gasteiger partial charge in [0, 0.05) is 6.54 Å². The SMILES string of the molecule is Cc1nn(C(C)C)c(Oc2cccc(CN)c2)c1[N+](=O)[O-]. The van der Waals surface area contributed by atoms with Crippen LogP contribution in [0.1, 0.15) is 31.1 Å². The van der Waals surface area contributed by atoms with Gasteiger partial charge in [-0.1, -0.05) is 12.1 Å². The molecule has 1 aromatic heterocycles. The van der Waals surface area contributed by atoms with E-state index in [0.29, 0.717) is 18.0 Å². The smallest absolute Gasteiger partial charge is 0.353 e. The molecule has 1 aromatic carbocycles. The molecule has 0 saturated heterocycles. The summed E-state index contributed by atoms with van der Waals surface area (Å²) in [4.78, 5) is 10.8. The Labute approximate surface area is 122 Å². The average Bonchev–Trinajstić information content (AvgIpc) is 2.76. The van der Waals surface area contributed by atoms with Crippen LogP contribution in [0.4, 0.5) is 5.69 Å². The van der Waals surface area contributed by atoms with Crippen molar-refractivity contribution in [3.8, 4) is 11.6 Å². The predicted octanol–water partition coefficient (Wildman–Crippen LogP) is 2.93. The summed E-state index contributed by atoms with van der Waals surface area (Å²) in [6.07, 6.45) is 0. The van der Waals surface area contributed by atoms with Crippen LogP contribution in [-0.4, -0.2) is 14.7 Å². The third-order valence-corrected chi connectivity index (χ3v) is 3.03. The highest BCUT2D eigenvalue weighted by Crippen LogP contribution is 2.36. The first-order chi connectivity index (χ1) is 9.93. The molecule has 0 fully saturated rings. The summed E-state index contributed by atoms with van der Waals surface area (Å²) >= 11 is 0. The van der Waals surface area contributed by atoms with Gasteiger partial charge in [0.15, 0.2) is 0 Å². The van der Waals surface area contributed by atoms with Gasteiger partial charge in [0.2, 0.25) is 0 Å². The molecular weight excluding hydrogens is 272 g/mol. The number of benzene rings is 1. The standard InChI is InChI=1S/C14H18N4O3/c1-9(2)17-14(13(18(19)20)10(3)16-17)21-12-6-4-5-11(7-12)8-15/h4-7,9H,8,15H2,1-3H3. The Hall–Kier alpha value is -2.41. The molecular formula is C14H18N4O3. The summed E-state index contributed by atoms with van der Waals surface area (Å²) in [7, 11) is 0. The molecule has 0 bridgehead atoms. The normalized spacial score (nSPS) is 10.9. The Morgan fingerprint density at radius 3 is 2.76 bits per heavy atom. The zero-order valence-electron chi connectivity index (χ0n) is 12.2. The van der Waals surface area contributed by atoms with Gasteiger partial charge in [-0.3, -0.25) is 10.1 Å². The Morgan fingerprint density at radius 1 is 1.48 bits per heavy atom. The minimum Gasteiger partial charge on any atom is -0.434 e. The molecule has 7 heteroatoms. The van der Waals surface area contributed by atoms with E-state index in [4.69, 9.17) is 10.5 Å². The summed E-state index contributed by atoms with van der Waals surface area (Å²) < 4.78 is 7.25. The van der Waals surface area contributed by atoms with Crippen LogP contribution >= 0.6 is 0 Å². The fourth-order valence-electron chi connectivity index (χ4n) is 2.02. The number of nitrogens with zero attached hydrogens (tertiary/aromatic N) is 3. The van der Waals surface area contributed by atoms with Gasteiger partial charge in [0.1, 0.15) is 11.4 Å². The maximum atomic E-state index is 11.2. The number of nitro groups is 1. The number of aryl methyl sites for hydroxylation is 1. The first-order valence-corrected chi connectivity index (χ1v) is 6.64. The highest BCUT2D eigenvalue weighted by molar-refractivity contribution is 5.48. The fourth-order valence-corrected chi connectivity index (χ4v) is 2.02. The third kappa shape index (κ3) is 3.03. The number of aromatic nitrogens is 2. The lowest BCUT2D eigenvalue weighted by Gasteiger charge is -2.11. The van der Waals surface area contributed by atoms with Crippen molar-refractivity contribution in [2.24, 2.45) is 5.73 Å². The summed E-state index contributed by atoms with van der Waals surface area (Å²) in [6, 6.07) is 7.11. The Bertz CT molecular complexity index is 664. The van der Waals surface area contributed by atoms with Gasteiger partial charge in [-0.25, -0.2) is 4.68 Å². The first kappa shape index (κ1) is 15.0. The van der Waals surface area contributed by atoms with Gasteiger partial charge < -0.3 is 10.5 Å². The van der Waals surface area contributed by atoms with E-state index in [2.05, 4.69) is 5.10 Å². The zero-order chi connectivity index (χ0) is 15.6. The van der Waals surface area contributed by atoms with E-state index in [0.717, 1.165) is 5.56 Å². The van der Waals surface area contributed by atoms with E-state index in [1.165, 1.54) is 4.68 Å². The van der Waals surface area contributed by atoms with Gasteiger partial charge in [-0.2, -0.15) is 5.10 Å². The molecule has 0 aliphatic rings. The van der Waals surface area contributed by atoms with Crippen molar-refractivity contribution in [3.63, 3.8) is 0 Å². The van der Waals surface area contributed by atoms with Gasteiger partial charge in [0.05, 0.1) is 11.0 Å². The lowest BCUT2D eigenvalue weighted by molar-refractivity contribution is -0.386. The minimum atomic E-state index is -0.469. The lowest BCUT2D eigenvalue weighted by atomic mass is 10.2. The summed E-state index contributed by atoms with van der Waals surface area (Å²) in [5.74, 6) is 0.643. The molecule has 21 heavy (non-hydrogen) atoms. The van der Waals surface area contributed by atoms with Crippen LogP contribution in [0, 0.1) is 17.0 Å². The van der Waals surface area contributed by atoms with Crippen LogP contribution in [-0.2, 0) is 6.54 Å². The maximum Gasteiger partial charge on any atom is 0.353 e. The Kier molecular flexibility index (Phi) is 4.23. The maximum absolute atomic E-state index is 11.2. The van der Waals surface area contributed by atoms with E-state index >= 15 is 0 Å². The molecule has 112 valence electrons. The molecule has 0 atom stereocenters. The molecule has 2 N–H and O–H groups in total. The quantitative estimate of drug-likeness (QED) is 0.674. The highest BCUT2D eigenvalue weighted by Gasteiger charge is 2.28. The second-order valence-corrected chi connectivity index (χ2v) is 4.99. The molecule has 7 nitrogen and oxygen atoms in total. The zero-order valence-corrected chi connectivity index (χ0v) is 12.2. The Morgan fingerprint density at radius 2 is 2.19 bits per heavy atom. The van der Waals surface area contributed by atoms with E-state index in [9.17, 15) is 10.1 Å². The van der Waals surface area contributed by atoms with Crippen LogP contribution in [0.5, 0.6) is 11.6 Å². The van der Waals surface area contributed by atoms with Crippen molar-refractivity contribution in [1.82, 2.24) is 9.78 Å². The van der Waals surface area contributed by atoms with Gasteiger partial charge in [-0.15, -0.1) is 0 Å². The van der Waals surface area contributed by atoms with Crippen LogP contribution in [0.2, 0.25) is 0 Å². The van der Waals surface area contributed by atoms with Crippen LogP contribution in [0.3, 0.4) is 0 Å². The van der Waals surface area contributed by atoms with Gasteiger partial charge >= 0.3 is 5.69 Å². The molecule has 0 saturated carbocycles. The average molecular weight is 290 g/mol. The summed E-state index contributed by atoms with van der Waals surface area (Å²) in [6.45, 7) is 5.75. The number of ether oxygens (including phenoxy) is 1. The number of hydrogen-bond donors (Lipinski definition) is 1. The number of nitrogens with two attached hydrogens (primary N) is 1. The third-order valence-electron chi connectivity index (χ3n) is 3.03. The largest absolute Gasteiger partial charge is 0.434 e.